The number of morpholine rings is 1. The molecular formula is C17H19F2N5O2. The van der Waals surface area contributed by atoms with Crippen LogP contribution in [0.4, 0.5) is 20.4 Å². The standard InChI is InChI=1S/C17H19F2N5O2/c18-12-2-1-3-13(19)15(12)23-16(25)14-4-5-20-17(22-14)21-6-7-24-8-10-26-11-9-24/h1-5H,6-11H2,(H,23,25)(H,20,21,22). The van der Waals surface area contributed by atoms with Crippen molar-refractivity contribution in [2.24, 2.45) is 0 Å². The number of nitrogens with one attached hydrogen (secondary N) is 2. The lowest BCUT2D eigenvalue weighted by atomic mass is 10.2. The van der Waals surface area contributed by atoms with Crippen LogP contribution >= 0.6 is 0 Å². The Morgan fingerprint density at radius 3 is 2.65 bits per heavy atom. The van der Waals surface area contributed by atoms with E-state index >= 15 is 0 Å². The molecule has 1 saturated heterocycles. The molecule has 0 bridgehead atoms. The molecule has 26 heavy (non-hydrogen) atoms. The van der Waals surface area contributed by atoms with Crippen molar-refractivity contribution in [3.8, 4) is 0 Å². The first-order valence-electron chi connectivity index (χ1n) is 8.26. The van der Waals surface area contributed by atoms with E-state index in [-0.39, 0.29) is 11.6 Å². The molecule has 0 saturated carbocycles. The first kappa shape index (κ1) is 18.2. The number of rotatable bonds is 6. The van der Waals surface area contributed by atoms with Gasteiger partial charge in [0.1, 0.15) is 23.0 Å². The van der Waals surface area contributed by atoms with Crippen LogP contribution in [0.15, 0.2) is 30.5 Å². The highest BCUT2D eigenvalue weighted by Crippen LogP contribution is 2.18. The maximum Gasteiger partial charge on any atom is 0.274 e. The van der Waals surface area contributed by atoms with Gasteiger partial charge in [0, 0.05) is 32.4 Å². The van der Waals surface area contributed by atoms with Crippen LogP contribution in [0.2, 0.25) is 0 Å². The maximum atomic E-state index is 13.6. The summed E-state index contributed by atoms with van der Waals surface area (Å²) < 4.78 is 32.6. The van der Waals surface area contributed by atoms with E-state index in [9.17, 15) is 13.6 Å². The summed E-state index contributed by atoms with van der Waals surface area (Å²) >= 11 is 0. The van der Waals surface area contributed by atoms with Crippen LogP contribution in [0.3, 0.4) is 0 Å². The van der Waals surface area contributed by atoms with Crippen LogP contribution < -0.4 is 10.6 Å². The lowest BCUT2D eigenvalue weighted by molar-refractivity contribution is 0.0398. The number of amides is 1. The third-order valence-corrected chi connectivity index (χ3v) is 3.90. The summed E-state index contributed by atoms with van der Waals surface area (Å²) in [5.41, 5.74) is -0.491. The van der Waals surface area contributed by atoms with Crippen molar-refractivity contribution in [1.29, 1.82) is 0 Å². The van der Waals surface area contributed by atoms with E-state index in [1.807, 2.05) is 0 Å². The Balaban J connectivity index is 1.58. The minimum atomic E-state index is -0.851. The van der Waals surface area contributed by atoms with Crippen LogP contribution in [-0.4, -0.2) is 60.2 Å². The van der Waals surface area contributed by atoms with Gasteiger partial charge < -0.3 is 15.4 Å². The molecule has 138 valence electrons. The fraction of sp³-hybridized carbons (Fsp3) is 0.353. The summed E-state index contributed by atoms with van der Waals surface area (Å²) in [5.74, 6) is -2.14. The fourth-order valence-corrected chi connectivity index (χ4v) is 2.52. The summed E-state index contributed by atoms with van der Waals surface area (Å²) in [5, 5.41) is 5.24. The molecule has 1 aliphatic rings. The molecule has 1 amide bonds. The first-order chi connectivity index (χ1) is 12.6. The Bertz CT molecular complexity index is 748. The molecule has 1 aromatic heterocycles. The van der Waals surface area contributed by atoms with Crippen molar-refractivity contribution in [3.05, 3.63) is 47.8 Å². The van der Waals surface area contributed by atoms with E-state index in [0.29, 0.717) is 6.54 Å². The van der Waals surface area contributed by atoms with Gasteiger partial charge in [-0.2, -0.15) is 0 Å². The third kappa shape index (κ3) is 4.70. The monoisotopic (exact) mass is 363 g/mol. The van der Waals surface area contributed by atoms with E-state index in [1.165, 1.54) is 18.3 Å². The fourth-order valence-electron chi connectivity index (χ4n) is 2.52. The highest BCUT2D eigenvalue weighted by atomic mass is 19.1. The molecule has 0 unspecified atom stereocenters. The molecule has 9 heteroatoms. The van der Waals surface area contributed by atoms with E-state index in [0.717, 1.165) is 45.0 Å². The SMILES string of the molecule is O=C(Nc1c(F)cccc1F)c1ccnc(NCCN2CCOCC2)n1. The van der Waals surface area contributed by atoms with Gasteiger partial charge in [-0.3, -0.25) is 9.69 Å². The summed E-state index contributed by atoms with van der Waals surface area (Å²) in [4.78, 5) is 22.6. The highest BCUT2D eigenvalue weighted by Gasteiger charge is 2.15. The van der Waals surface area contributed by atoms with Gasteiger partial charge in [-0.15, -0.1) is 0 Å². The van der Waals surface area contributed by atoms with E-state index in [1.54, 1.807) is 0 Å². The van der Waals surface area contributed by atoms with Crippen molar-refractivity contribution in [2.45, 2.75) is 0 Å². The molecule has 2 heterocycles. The zero-order chi connectivity index (χ0) is 18.4. The van der Waals surface area contributed by atoms with Gasteiger partial charge in [-0.1, -0.05) is 6.07 Å². The lowest BCUT2D eigenvalue weighted by Gasteiger charge is -2.26. The highest BCUT2D eigenvalue weighted by molar-refractivity contribution is 6.03. The van der Waals surface area contributed by atoms with Crippen LogP contribution in [-0.2, 0) is 4.74 Å². The van der Waals surface area contributed by atoms with E-state index in [2.05, 4.69) is 25.5 Å². The molecule has 2 N–H and O–H groups in total. The van der Waals surface area contributed by atoms with Gasteiger partial charge in [0.2, 0.25) is 5.95 Å². The Labute approximate surface area is 149 Å². The van der Waals surface area contributed by atoms with Gasteiger partial charge in [-0.05, 0) is 18.2 Å². The molecule has 1 fully saturated rings. The second-order valence-electron chi connectivity index (χ2n) is 5.70. The van der Waals surface area contributed by atoms with E-state index in [4.69, 9.17) is 4.74 Å². The van der Waals surface area contributed by atoms with E-state index < -0.39 is 23.2 Å². The second-order valence-corrected chi connectivity index (χ2v) is 5.70. The zero-order valence-corrected chi connectivity index (χ0v) is 14.0. The molecule has 0 spiro atoms. The molecule has 2 aromatic rings. The number of benzene rings is 1. The molecule has 0 aliphatic carbocycles. The zero-order valence-electron chi connectivity index (χ0n) is 14.0. The van der Waals surface area contributed by atoms with Crippen LogP contribution in [0.5, 0.6) is 0 Å². The molecule has 0 radical (unpaired) electrons. The Morgan fingerprint density at radius 1 is 1.19 bits per heavy atom. The predicted octanol–water partition coefficient (Wildman–Crippen LogP) is 1.75. The van der Waals surface area contributed by atoms with Crippen LogP contribution in [0, 0.1) is 11.6 Å². The van der Waals surface area contributed by atoms with Gasteiger partial charge in [0.05, 0.1) is 13.2 Å². The van der Waals surface area contributed by atoms with Crippen molar-refractivity contribution in [2.75, 3.05) is 50.0 Å². The smallest absolute Gasteiger partial charge is 0.274 e. The van der Waals surface area contributed by atoms with Gasteiger partial charge >= 0.3 is 0 Å². The summed E-state index contributed by atoms with van der Waals surface area (Å²) in [6.07, 6.45) is 1.41. The summed E-state index contributed by atoms with van der Waals surface area (Å²) in [7, 11) is 0. The molecule has 7 nitrogen and oxygen atoms in total. The number of hydrogen-bond acceptors (Lipinski definition) is 6. The van der Waals surface area contributed by atoms with Crippen molar-refractivity contribution in [1.82, 2.24) is 14.9 Å². The third-order valence-electron chi connectivity index (χ3n) is 3.90. The largest absolute Gasteiger partial charge is 0.379 e. The lowest BCUT2D eigenvalue weighted by Crippen LogP contribution is -2.39. The average Bonchev–Trinajstić information content (AvgIpc) is 2.66. The Hall–Kier alpha value is -2.65. The number of aromatic nitrogens is 2. The average molecular weight is 363 g/mol. The van der Waals surface area contributed by atoms with Gasteiger partial charge in [-0.25, -0.2) is 18.7 Å². The second kappa shape index (κ2) is 8.63. The minimum absolute atomic E-state index is 0.0107. The topological polar surface area (TPSA) is 79.4 Å². The maximum absolute atomic E-state index is 13.6. The minimum Gasteiger partial charge on any atom is -0.379 e. The van der Waals surface area contributed by atoms with Gasteiger partial charge in [0.25, 0.3) is 5.91 Å². The quantitative estimate of drug-likeness (QED) is 0.814. The normalized spacial score (nSPS) is 14.8. The summed E-state index contributed by atoms with van der Waals surface area (Å²) in [6, 6.07) is 4.73. The number of hydrogen-bond donors (Lipinski definition) is 2. The Morgan fingerprint density at radius 2 is 1.92 bits per heavy atom. The van der Waals surface area contributed by atoms with Crippen molar-refractivity contribution < 1.29 is 18.3 Å². The number of anilines is 2. The number of halogens is 2. The molecule has 1 aromatic carbocycles. The van der Waals surface area contributed by atoms with Gasteiger partial charge in [0.15, 0.2) is 0 Å². The van der Waals surface area contributed by atoms with Crippen LogP contribution in [0.25, 0.3) is 0 Å². The number of ether oxygens (including phenoxy) is 1. The van der Waals surface area contributed by atoms with Crippen molar-refractivity contribution >= 4 is 17.5 Å². The number of para-hydroxylation sites is 1. The number of nitrogens with zero attached hydrogens (tertiary/aromatic N) is 3. The molecule has 3 rings (SSSR count). The molecule has 1 aliphatic heterocycles. The van der Waals surface area contributed by atoms with Crippen LogP contribution in [0.1, 0.15) is 10.5 Å². The predicted molar refractivity (Wildman–Crippen MR) is 92.1 cm³/mol. The number of carbonyl (C=O) groups excluding carboxylic acids is 1. The molecule has 0 atom stereocenters. The first-order valence-corrected chi connectivity index (χ1v) is 8.26. The van der Waals surface area contributed by atoms with Crippen molar-refractivity contribution in [3.63, 3.8) is 0 Å². The Kier molecular flexibility index (Phi) is 6.03. The summed E-state index contributed by atoms with van der Waals surface area (Å²) in [6.45, 7) is 4.59. The number of carbonyl (C=O) groups is 1. The molecular weight excluding hydrogens is 344 g/mol.